The molecular weight excluding hydrogens is 321 g/mol. The van der Waals surface area contributed by atoms with Crippen LogP contribution in [-0.4, -0.2) is 26.0 Å². The SMILES string of the molecule is Cc1cc(F)c(Br)cc1NC1CCCS(=O)(=O)C1. The fourth-order valence-corrected chi connectivity index (χ4v) is 4.14. The standard InChI is InChI=1S/C12H15BrFNO2S/c1-8-5-11(14)10(13)6-12(8)15-9-3-2-4-18(16,17)7-9/h5-6,9,15H,2-4,7H2,1H3. The van der Waals surface area contributed by atoms with Gasteiger partial charge in [0.25, 0.3) is 0 Å². The minimum absolute atomic E-state index is 0.0835. The van der Waals surface area contributed by atoms with Crippen molar-refractivity contribution in [3.63, 3.8) is 0 Å². The van der Waals surface area contributed by atoms with Gasteiger partial charge >= 0.3 is 0 Å². The van der Waals surface area contributed by atoms with E-state index in [0.29, 0.717) is 10.9 Å². The molecule has 1 aliphatic rings. The van der Waals surface area contributed by atoms with Gasteiger partial charge in [-0.2, -0.15) is 0 Å². The van der Waals surface area contributed by atoms with Gasteiger partial charge in [0, 0.05) is 11.7 Å². The fraction of sp³-hybridized carbons (Fsp3) is 0.500. The molecule has 1 N–H and O–H groups in total. The maximum Gasteiger partial charge on any atom is 0.152 e. The summed E-state index contributed by atoms with van der Waals surface area (Å²) in [6.07, 6.45) is 1.51. The van der Waals surface area contributed by atoms with Crippen molar-refractivity contribution in [1.82, 2.24) is 0 Å². The summed E-state index contributed by atoms with van der Waals surface area (Å²) in [5, 5.41) is 3.20. The van der Waals surface area contributed by atoms with Gasteiger partial charge in [0.15, 0.2) is 9.84 Å². The number of anilines is 1. The third-order valence-corrected chi connectivity index (χ3v) is 5.52. The zero-order chi connectivity index (χ0) is 13.3. The van der Waals surface area contributed by atoms with Gasteiger partial charge in [0.05, 0.1) is 16.0 Å². The lowest BCUT2D eigenvalue weighted by atomic mass is 10.1. The summed E-state index contributed by atoms with van der Waals surface area (Å²) in [4.78, 5) is 0. The van der Waals surface area contributed by atoms with Gasteiger partial charge in [0.1, 0.15) is 5.82 Å². The molecule has 1 aliphatic heterocycles. The molecule has 0 aliphatic carbocycles. The first kappa shape index (κ1) is 13.8. The van der Waals surface area contributed by atoms with Crippen LogP contribution in [0.5, 0.6) is 0 Å². The van der Waals surface area contributed by atoms with E-state index in [4.69, 9.17) is 0 Å². The predicted molar refractivity (Wildman–Crippen MR) is 74.1 cm³/mol. The van der Waals surface area contributed by atoms with Gasteiger partial charge in [-0.3, -0.25) is 0 Å². The molecule has 0 saturated carbocycles. The molecule has 0 aromatic heterocycles. The maximum atomic E-state index is 13.3. The van der Waals surface area contributed by atoms with Crippen molar-refractivity contribution in [2.75, 3.05) is 16.8 Å². The highest BCUT2D eigenvalue weighted by Gasteiger charge is 2.25. The number of hydrogen-bond donors (Lipinski definition) is 1. The third kappa shape index (κ3) is 3.23. The molecule has 1 aromatic carbocycles. The van der Waals surface area contributed by atoms with E-state index >= 15 is 0 Å². The Balaban J connectivity index is 2.17. The molecule has 18 heavy (non-hydrogen) atoms. The molecule has 0 spiro atoms. The summed E-state index contributed by atoms with van der Waals surface area (Å²) in [6.45, 7) is 1.80. The van der Waals surface area contributed by atoms with Crippen LogP contribution in [0, 0.1) is 12.7 Å². The summed E-state index contributed by atoms with van der Waals surface area (Å²) in [5.41, 5.74) is 1.56. The molecule has 0 amide bonds. The van der Waals surface area contributed by atoms with E-state index in [-0.39, 0.29) is 23.4 Å². The number of halogens is 2. The number of aryl methyl sites for hydroxylation is 1. The quantitative estimate of drug-likeness (QED) is 0.903. The molecule has 100 valence electrons. The largest absolute Gasteiger partial charge is 0.381 e. The molecule has 1 unspecified atom stereocenters. The topological polar surface area (TPSA) is 46.2 Å². The van der Waals surface area contributed by atoms with E-state index in [1.54, 1.807) is 13.0 Å². The molecule has 1 fully saturated rings. The molecule has 6 heteroatoms. The smallest absolute Gasteiger partial charge is 0.152 e. The van der Waals surface area contributed by atoms with Crippen molar-refractivity contribution < 1.29 is 12.8 Å². The first-order chi connectivity index (χ1) is 8.37. The second-order valence-corrected chi connectivity index (χ2v) is 7.76. The monoisotopic (exact) mass is 335 g/mol. The van der Waals surface area contributed by atoms with Crippen LogP contribution in [0.2, 0.25) is 0 Å². The Hall–Kier alpha value is -0.620. The summed E-state index contributed by atoms with van der Waals surface area (Å²) in [5.74, 6) is 0.118. The lowest BCUT2D eigenvalue weighted by Gasteiger charge is -2.25. The van der Waals surface area contributed by atoms with Crippen LogP contribution in [0.4, 0.5) is 10.1 Å². The van der Waals surface area contributed by atoms with Crippen molar-refractivity contribution in [2.24, 2.45) is 0 Å². The van der Waals surface area contributed by atoms with E-state index in [9.17, 15) is 12.8 Å². The molecule has 1 heterocycles. The van der Waals surface area contributed by atoms with Gasteiger partial charge in [-0.1, -0.05) is 0 Å². The minimum Gasteiger partial charge on any atom is -0.381 e. The summed E-state index contributed by atoms with van der Waals surface area (Å²) in [7, 11) is -2.93. The summed E-state index contributed by atoms with van der Waals surface area (Å²) >= 11 is 3.13. The Kier molecular flexibility index (Phi) is 3.96. The summed E-state index contributed by atoms with van der Waals surface area (Å²) in [6, 6.07) is 3.01. The minimum atomic E-state index is -2.93. The van der Waals surface area contributed by atoms with E-state index < -0.39 is 9.84 Å². The molecule has 0 radical (unpaired) electrons. The second kappa shape index (κ2) is 5.17. The zero-order valence-electron chi connectivity index (χ0n) is 10.0. The van der Waals surface area contributed by atoms with Crippen LogP contribution in [0.25, 0.3) is 0 Å². The Morgan fingerprint density at radius 3 is 2.83 bits per heavy atom. The van der Waals surface area contributed by atoms with Crippen molar-refractivity contribution in [1.29, 1.82) is 0 Å². The van der Waals surface area contributed by atoms with Crippen molar-refractivity contribution in [3.05, 3.63) is 28.0 Å². The first-order valence-electron chi connectivity index (χ1n) is 5.80. The number of sulfone groups is 1. The third-order valence-electron chi connectivity index (χ3n) is 3.09. The van der Waals surface area contributed by atoms with E-state index in [2.05, 4.69) is 21.2 Å². The lowest BCUT2D eigenvalue weighted by Crippen LogP contribution is -2.35. The molecule has 0 bridgehead atoms. The van der Waals surface area contributed by atoms with Gasteiger partial charge in [-0.05, 0) is 53.4 Å². The van der Waals surface area contributed by atoms with Crippen LogP contribution in [0.15, 0.2) is 16.6 Å². The Labute approximate surface area is 115 Å². The molecule has 1 atom stereocenters. The number of nitrogens with one attached hydrogen (secondary N) is 1. The molecular formula is C12H15BrFNO2S. The highest BCUT2D eigenvalue weighted by Crippen LogP contribution is 2.26. The summed E-state index contributed by atoms with van der Waals surface area (Å²) < 4.78 is 36.8. The average Bonchev–Trinajstić information content (AvgIpc) is 2.24. The van der Waals surface area contributed by atoms with Crippen molar-refractivity contribution in [2.45, 2.75) is 25.8 Å². The van der Waals surface area contributed by atoms with E-state index in [1.165, 1.54) is 6.07 Å². The average molecular weight is 336 g/mol. The Morgan fingerprint density at radius 2 is 2.17 bits per heavy atom. The van der Waals surface area contributed by atoms with E-state index in [1.807, 2.05) is 0 Å². The van der Waals surface area contributed by atoms with Crippen LogP contribution in [0.1, 0.15) is 18.4 Å². The number of benzene rings is 1. The van der Waals surface area contributed by atoms with E-state index in [0.717, 1.165) is 17.7 Å². The van der Waals surface area contributed by atoms with Gasteiger partial charge < -0.3 is 5.32 Å². The van der Waals surface area contributed by atoms with Crippen LogP contribution in [0.3, 0.4) is 0 Å². The Morgan fingerprint density at radius 1 is 1.44 bits per heavy atom. The van der Waals surface area contributed by atoms with Crippen molar-refractivity contribution >= 4 is 31.5 Å². The van der Waals surface area contributed by atoms with Gasteiger partial charge in [-0.15, -0.1) is 0 Å². The molecule has 1 saturated heterocycles. The molecule has 2 rings (SSSR count). The van der Waals surface area contributed by atoms with Gasteiger partial charge in [0.2, 0.25) is 0 Å². The fourth-order valence-electron chi connectivity index (χ4n) is 2.16. The van der Waals surface area contributed by atoms with Crippen molar-refractivity contribution in [3.8, 4) is 0 Å². The van der Waals surface area contributed by atoms with Crippen LogP contribution >= 0.6 is 15.9 Å². The highest BCUT2D eigenvalue weighted by molar-refractivity contribution is 9.10. The number of rotatable bonds is 2. The molecule has 1 aromatic rings. The van der Waals surface area contributed by atoms with Gasteiger partial charge in [-0.25, -0.2) is 12.8 Å². The predicted octanol–water partition coefficient (Wildman–Crippen LogP) is 2.89. The molecule has 3 nitrogen and oxygen atoms in total. The number of hydrogen-bond acceptors (Lipinski definition) is 3. The maximum absolute atomic E-state index is 13.3. The Bertz CT molecular complexity index is 559. The normalized spacial score (nSPS) is 22.7. The first-order valence-corrected chi connectivity index (χ1v) is 8.41. The second-order valence-electron chi connectivity index (χ2n) is 4.68. The lowest BCUT2D eigenvalue weighted by molar-refractivity contribution is 0.561. The highest BCUT2D eigenvalue weighted by atomic mass is 79.9. The van der Waals surface area contributed by atoms with Crippen LogP contribution in [-0.2, 0) is 9.84 Å². The van der Waals surface area contributed by atoms with Crippen LogP contribution < -0.4 is 5.32 Å². The zero-order valence-corrected chi connectivity index (χ0v) is 12.4.